The maximum atomic E-state index is 12.9. The molecule has 8 heteroatoms. The summed E-state index contributed by atoms with van der Waals surface area (Å²) in [6.07, 6.45) is 16.9. The smallest absolute Gasteiger partial charge is 0.251 e. The van der Waals surface area contributed by atoms with Crippen LogP contribution in [-0.4, -0.2) is 56.2 Å². The van der Waals surface area contributed by atoms with Crippen molar-refractivity contribution in [3.8, 4) is 16.9 Å². The van der Waals surface area contributed by atoms with Gasteiger partial charge < -0.3 is 10.2 Å². The summed E-state index contributed by atoms with van der Waals surface area (Å²) in [4.78, 5) is 24.3. The van der Waals surface area contributed by atoms with E-state index in [9.17, 15) is 4.79 Å². The molecule has 1 amide bonds. The first kappa shape index (κ1) is 28.0. The zero-order chi connectivity index (χ0) is 26.4. The lowest BCUT2D eigenvalue weighted by Crippen LogP contribution is -2.38. The van der Waals surface area contributed by atoms with E-state index >= 15 is 0 Å². The van der Waals surface area contributed by atoms with E-state index in [-0.39, 0.29) is 24.4 Å². The van der Waals surface area contributed by atoms with Crippen molar-refractivity contribution in [3.63, 3.8) is 0 Å². The monoisotopic (exact) mass is 556 g/mol. The molecule has 1 fully saturated rings. The van der Waals surface area contributed by atoms with E-state index in [0.29, 0.717) is 5.56 Å². The van der Waals surface area contributed by atoms with Crippen molar-refractivity contribution >= 4 is 18.3 Å². The molecule has 0 radical (unpaired) electrons. The number of aromatic nitrogens is 4. The molecule has 40 heavy (non-hydrogen) atoms. The first-order valence-electron chi connectivity index (χ1n) is 14.2. The van der Waals surface area contributed by atoms with E-state index < -0.39 is 0 Å². The summed E-state index contributed by atoms with van der Waals surface area (Å²) in [6.45, 7) is 3.40. The molecule has 1 aliphatic carbocycles. The Hall–Kier alpha value is -3.55. The second kappa shape index (κ2) is 13.2. The average molecular weight is 557 g/mol. The van der Waals surface area contributed by atoms with Crippen LogP contribution in [0.15, 0.2) is 79.5 Å². The van der Waals surface area contributed by atoms with Crippen LogP contribution in [0.3, 0.4) is 0 Å². The Labute approximate surface area is 242 Å². The average Bonchev–Trinajstić information content (AvgIpc) is 3.46. The minimum Gasteiger partial charge on any atom is -0.349 e. The van der Waals surface area contributed by atoms with Crippen LogP contribution in [0.4, 0.5) is 0 Å². The fourth-order valence-corrected chi connectivity index (χ4v) is 6.04. The number of halogens is 1. The van der Waals surface area contributed by atoms with Crippen LogP contribution < -0.4 is 5.32 Å². The van der Waals surface area contributed by atoms with Crippen LogP contribution in [0.25, 0.3) is 16.9 Å². The van der Waals surface area contributed by atoms with Gasteiger partial charge in [0.25, 0.3) is 5.91 Å². The van der Waals surface area contributed by atoms with Crippen LogP contribution in [-0.2, 0) is 12.8 Å². The molecule has 4 aromatic rings. The van der Waals surface area contributed by atoms with Crippen molar-refractivity contribution in [3.05, 3.63) is 96.2 Å². The van der Waals surface area contributed by atoms with Crippen molar-refractivity contribution in [1.29, 1.82) is 0 Å². The number of carbonyl (C=O) groups excluding carboxylic acids is 1. The lowest BCUT2D eigenvalue weighted by Gasteiger charge is -2.30. The Morgan fingerprint density at radius 3 is 2.55 bits per heavy atom. The maximum absolute atomic E-state index is 12.9. The lowest BCUT2D eigenvalue weighted by molar-refractivity contribution is 0.0920. The fourth-order valence-electron chi connectivity index (χ4n) is 6.04. The lowest BCUT2D eigenvalue weighted by atomic mass is 9.84. The summed E-state index contributed by atoms with van der Waals surface area (Å²) < 4.78 is 1.78. The summed E-state index contributed by atoms with van der Waals surface area (Å²) in [5.74, 6) is 0.759. The quantitative estimate of drug-likeness (QED) is 0.324. The van der Waals surface area contributed by atoms with Gasteiger partial charge in [0.1, 0.15) is 0 Å². The van der Waals surface area contributed by atoms with E-state index in [0.717, 1.165) is 68.2 Å². The molecule has 2 aromatic carbocycles. The van der Waals surface area contributed by atoms with Crippen molar-refractivity contribution in [2.24, 2.45) is 5.92 Å². The Kier molecular flexibility index (Phi) is 9.24. The predicted octanol–water partition coefficient (Wildman–Crippen LogP) is 5.53. The Morgan fingerprint density at radius 1 is 0.925 bits per heavy atom. The predicted molar refractivity (Wildman–Crippen MR) is 160 cm³/mol. The van der Waals surface area contributed by atoms with Crippen LogP contribution in [0.1, 0.15) is 53.6 Å². The van der Waals surface area contributed by atoms with Gasteiger partial charge in [0.2, 0.25) is 0 Å². The highest BCUT2D eigenvalue weighted by Gasteiger charge is 2.24. The third kappa shape index (κ3) is 6.77. The largest absolute Gasteiger partial charge is 0.349 e. The minimum absolute atomic E-state index is 0. The van der Waals surface area contributed by atoms with Gasteiger partial charge >= 0.3 is 0 Å². The molecule has 2 aromatic heterocycles. The third-order valence-corrected chi connectivity index (χ3v) is 8.37. The summed E-state index contributed by atoms with van der Waals surface area (Å²) in [6, 6.07) is 16.6. The number of nitrogens with one attached hydrogen (secondary N) is 1. The molecule has 7 nitrogen and oxygen atoms in total. The van der Waals surface area contributed by atoms with Gasteiger partial charge in [-0.05, 0) is 98.9 Å². The van der Waals surface area contributed by atoms with E-state index in [2.05, 4.69) is 43.5 Å². The van der Waals surface area contributed by atoms with Gasteiger partial charge in [0.15, 0.2) is 0 Å². The summed E-state index contributed by atoms with van der Waals surface area (Å²) in [7, 11) is 0. The number of benzene rings is 2. The Balaban J connectivity index is 0.00000323. The normalized spacial score (nSPS) is 19.2. The molecule has 0 spiro atoms. The molecule has 0 saturated heterocycles. The molecular formula is C32H37ClN6O. The molecule has 2 aliphatic rings. The molecule has 1 saturated carbocycles. The number of carbonyl (C=O) groups is 1. The Morgan fingerprint density at radius 2 is 1.77 bits per heavy atom. The van der Waals surface area contributed by atoms with Crippen LogP contribution in [0, 0.1) is 5.92 Å². The van der Waals surface area contributed by atoms with Crippen molar-refractivity contribution < 1.29 is 4.79 Å². The standard InChI is InChI=1S/C32H36N6O.ClH/c39-32(28-3-1-4-30(22-28)38-17-2-14-35-38)36-29-9-5-24(6-10-29)11-18-37-19-12-25-7-8-27(21-26(25)13-20-37)31-23-33-15-16-34-31;/h1-4,7-8,14-17,21-24,29H,5-6,9-13,18-20H2,(H,36,39);1H. The summed E-state index contributed by atoms with van der Waals surface area (Å²) in [5.41, 5.74) is 6.61. The molecule has 1 aliphatic heterocycles. The molecule has 3 heterocycles. The highest BCUT2D eigenvalue weighted by Crippen LogP contribution is 2.28. The zero-order valence-electron chi connectivity index (χ0n) is 22.8. The first-order valence-corrected chi connectivity index (χ1v) is 14.2. The van der Waals surface area contributed by atoms with E-state index in [1.807, 2.05) is 42.7 Å². The maximum Gasteiger partial charge on any atom is 0.251 e. The molecule has 0 atom stereocenters. The van der Waals surface area contributed by atoms with Gasteiger partial charge in [-0.2, -0.15) is 5.10 Å². The molecule has 0 bridgehead atoms. The number of nitrogens with zero attached hydrogens (tertiary/aromatic N) is 5. The minimum atomic E-state index is 0. The fraction of sp³-hybridized carbons (Fsp3) is 0.375. The molecule has 6 rings (SSSR count). The number of hydrogen-bond donors (Lipinski definition) is 1. The highest BCUT2D eigenvalue weighted by molar-refractivity contribution is 5.94. The van der Waals surface area contributed by atoms with Gasteiger partial charge in [-0.15, -0.1) is 12.4 Å². The number of hydrogen-bond acceptors (Lipinski definition) is 5. The molecular weight excluding hydrogens is 520 g/mol. The zero-order valence-corrected chi connectivity index (χ0v) is 23.6. The second-order valence-corrected chi connectivity index (χ2v) is 10.9. The molecule has 208 valence electrons. The first-order chi connectivity index (χ1) is 19.2. The number of fused-ring (bicyclic) bond motifs is 1. The van der Waals surface area contributed by atoms with E-state index in [4.69, 9.17) is 0 Å². The van der Waals surface area contributed by atoms with Crippen LogP contribution >= 0.6 is 12.4 Å². The van der Waals surface area contributed by atoms with Crippen molar-refractivity contribution in [2.75, 3.05) is 19.6 Å². The van der Waals surface area contributed by atoms with Gasteiger partial charge in [-0.1, -0.05) is 18.2 Å². The highest BCUT2D eigenvalue weighted by atomic mass is 35.5. The van der Waals surface area contributed by atoms with Crippen LogP contribution in [0.2, 0.25) is 0 Å². The Bertz CT molecular complexity index is 1390. The van der Waals surface area contributed by atoms with E-state index in [1.54, 1.807) is 23.3 Å². The van der Waals surface area contributed by atoms with Gasteiger partial charge in [0.05, 0.1) is 17.6 Å². The van der Waals surface area contributed by atoms with Crippen molar-refractivity contribution in [1.82, 2.24) is 30.0 Å². The van der Waals surface area contributed by atoms with Gasteiger partial charge in [0, 0.05) is 55.0 Å². The van der Waals surface area contributed by atoms with Gasteiger partial charge in [-0.25, -0.2) is 4.68 Å². The van der Waals surface area contributed by atoms with Gasteiger partial charge in [-0.3, -0.25) is 14.8 Å². The second-order valence-electron chi connectivity index (χ2n) is 10.9. The van der Waals surface area contributed by atoms with Crippen molar-refractivity contribution in [2.45, 2.75) is 51.0 Å². The molecule has 1 N–H and O–H groups in total. The van der Waals surface area contributed by atoms with Crippen LogP contribution in [0.5, 0.6) is 0 Å². The summed E-state index contributed by atoms with van der Waals surface area (Å²) >= 11 is 0. The number of amides is 1. The summed E-state index contributed by atoms with van der Waals surface area (Å²) in [5, 5.41) is 7.55. The third-order valence-electron chi connectivity index (χ3n) is 8.37. The van der Waals surface area contributed by atoms with E-state index in [1.165, 1.54) is 30.4 Å². The number of rotatable bonds is 7. The SMILES string of the molecule is Cl.O=C(NC1CCC(CCN2CCc3ccc(-c4cnccn4)cc3CC2)CC1)c1cccc(-n2cccn2)c1. The molecule has 0 unspecified atom stereocenters. The topological polar surface area (TPSA) is 75.9 Å².